The Morgan fingerprint density at radius 1 is 1.24 bits per heavy atom. The van der Waals surface area contributed by atoms with Crippen LogP contribution < -0.4 is 15.4 Å². The predicted molar refractivity (Wildman–Crippen MR) is 133 cm³/mol. The minimum Gasteiger partial charge on any atom is -0.488 e. The molecule has 0 aromatic heterocycles. The number of nitrogens with one attached hydrogen (secondary N) is 2. The van der Waals surface area contributed by atoms with Gasteiger partial charge in [0.1, 0.15) is 11.9 Å². The van der Waals surface area contributed by atoms with E-state index in [2.05, 4.69) is 42.7 Å². The van der Waals surface area contributed by atoms with E-state index in [1.54, 1.807) is 0 Å². The molecule has 1 aliphatic heterocycles. The van der Waals surface area contributed by atoms with Gasteiger partial charge in [-0.25, -0.2) is 0 Å². The topological polar surface area (TPSA) is 79.8 Å². The van der Waals surface area contributed by atoms with Crippen molar-refractivity contribution in [2.45, 2.75) is 70.7 Å². The molecule has 0 spiro atoms. The van der Waals surface area contributed by atoms with Crippen LogP contribution in [0, 0.1) is 5.41 Å². The maximum absolute atomic E-state index is 11.8. The molecular weight excluding hydrogens is 428 g/mol. The summed E-state index contributed by atoms with van der Waals surface area (Å²) in [7, 11) is 0. The maximum Gasteiger partial charge on any atom is 0.217 e. The first-order chi connectivity index (χ1) is 16.3. The van der Waals surface area contributed by atoms with Gasteiger partial charge in [0.2, 0.25) is 5.91 Å². The number of aliphatic hydroxyl groups is 1. The first-order valence-corrected chi connectivity index (χ1v) is 12.4. The van der Waals surface area contributed by atoms with Crippen molar-refractivity contribution in [2.75, 3.05) is 19.8 Å². The minimum absolute atomic E-state index is 0.103. The van der Waals surface area contributed by atoms with E-state index < -0.39 is 6.10 Å². The van der Waals surface area contributed by atoms with Crippen LogP contribution in [0.15, 0.2) is 48.5 Å². The van der Waals surface area contributed by atoms with Gasteiger partial charge >= 0.3 is 0 Å². The van der Waals surface area contributed by atoms with Crippen LogP contribution in [0.25, 0.3) is 0 Å². The molecule has 2 aliphatic rings. The molecule has 1 aliphatic carbocycles. The highest BCUT2D eigenvalue weighted by Crippen LogP contribution is 2.42. The van der Waals surface area contributed by atoms with Gasteiger partial charge in [0, 0.05) is 25.9 Å². The largest absolute Gasteiger partial charge is 0.488 e. The summed E-state index contributed by atoms with van der Waals surface area (Å²) >= 11 is 0. The van der Waals surface area contributed by atoms with Gasteiger partial charge in [0.15, 0.2) is 0 Å². The number of carbonyl (C=O) groups is 1. The number of hydrogen-bond acceptors (Lipinski definition) is 5. The zero-order chi connectivity index (χ0) is 24.1. The highest BCUT2D eigenvalue weighted by Gasteiger charge is 2.33. The maximum atomic E-state index is 11.8. The van der Waals surface area contributed by atoms with Crippen LogP contribution in [0.4, 0.5) is 0 Å². The van der Waals surface area contributed by atoms with E-state index >= 15 is 0 Å². The lowest BCUT2D eigenvalue weighted by Crippen LogP contribution is -2.49. The van der Waals surface area contributed by atoms with E-state index in [9.17, 15) is 9.90 Å². The van der Waals surface area contributed by atoms with E-state index in [1.807, 2.05) is 30.3 Å². The molecule has 4 atom stereocenters. The third-order valence-electron chi connectivity index (χ3n) is 6.83. The molecule has 1 amide bonds. The Bertz CT molecular complexity index is 956. The average Bonchev–Trinajstić information content (AvgIpc) is 3.30. The van der Waals surface area contributed by atoms with E-state index in [1.165, 1.54) is 18.1 Å². The van der Waals surface area contributed by atoms with Crippen LogP contribution in [0.1, 0.15) is 56.3 Å². The molecule has 0 saturated carbocycles. The van der Waals surface area contributed by atoms with Crippen molar-refractivity contribution in [1.29, 1.82) is 0 Å². The summed E-state index contributed by atoms with van der Waals surface area (Å²) in [4.78, 5) is 11.8. The number of fused-ring (bicyclic) bond motifs is 1. The molecule has 6 nitrogen and oxygen atoms in total. The fourth-order valence-corrected chi connectivity index (χ4v) is 5.18. The third kappa shape index (κ3) is 6.59. The molecule has 1 fully saturated rings. The third-order valence-corrected chi connectivity index (χ3v) is 6.83. The molecular formula is C28H38N2O4. The average molecular weight is 467 g/mol. The summed E-state index contributed by atoms with van der Waals surface area (Å²) < 4.78 is 11.6. The molecule has 3 N–H and O–H groups in total. The highest BCUT2D eigenvalue weighted by atomic mass is 16.5. The van der Waals surface area contributed by atoms with Gasteiger partial charge in [-0.2, -0.15) is 0 Å². The van der Waals surface area contributed by atoms with Crippen LogP contribution in [0.5, 0.6) is 5.75 Å². The normalized spacial score (nSPS) is 23.1. The first-order valence-electron chi connectivity index (χ1n) is 12.4. The lowest BCUT2D eigenvalue weighted by molar-refractivity contribution is -0.120. The monoisotopic (exact) mass is 466 g/mol. The number of rotatable bonds is 9. The van der Waals surface area contributed by atoms with Gasteiger partial charge in [-0.05, 0) is 53.5 Å². The summed E-state index contributed by atoms with van der Waals surface area (Å²) in [6.07, 6.45) is 2.88. The van der Waals surface area contributed by atoms with Crippen molar-refractivity contribution in [2.24, 2.45) is 5.41 Å². The molecule has 4 rings (SSSR count). The van der Waals surface area contributed by atoms with Crippen molar-refractivity contribution in [3.8, 4) is 5.75 Å². The summed E-state index contributed by atoms with van der Waals surface area (Å²) in [5.41, 5.74) is 3.79. The van der Waals surface area contributed by atoms with Crippen LogP contribution in [0.2, 0.25) is 0 Å². The SMILES string of the molecule is CC(=O)N[C@@H](Cc1ccccc1)[C@H](O)CN[C@H]1CC(C)(C)Cc2ccc(O[C@H]3CCOC3)cc21. The molecule has 34 heavy (non-hydrogen) atoms. The van der Waals surface area contributed by atoms with Crippen LogP contribution in [0.3, 0.4) is 0 Å². The lowest BCUT2D eigenvalue weighted by atomic mass is 9.72. The molecule has 2 aromatic carbocycles. The Morgan fingerprint density at radius 2 is 2.03 bits per heavy atom. The van der Waals surface area contributed by atoms with E-state index in [-0.39, 0.29) is 29.5 Å². The highest BCUT2D eigenvalue weighted by molar-refractivity contribution is 5.73. The Morgan fingerprint density at radius 3 is 2.74 bits per heavy atom. The molecule has 1 saturated heterocycles. The van der Waals surface area contributed by atoms with Gasteiger partial charge in [-0.1, -0.05) is 50.2 Å². The van der Waals surface area contributed by atoms with Gasteiger partial charge < -0.3 is 25.2 Å². The standard InChI is InChI=1S/C28H38N2O4/c1-19(31)30-25(13-20-7-5-4-6-8-20)27(32)17-29-26-16-28(2,3)15-21-9-10-22(14-24(21)26)34-23-11-12-33-18-23/h4-10,14,23,25-27,29,32H,11-13,15-18H2,1-3H3,(H,30,31)/t23-,25-,26-,27+/m0/s1. The Labute approximate surface area is 203 Å². The number of amides is 1. The Balaban J connectivity index is 1.46. The quantitative estimate of drug-likeness (QED) is 0.527. The molecule has 6 heteroatoms. The van der Waals surface area contributed by atoms with Gasteiger partial charge in [0.25, 0.3) is 0 Å². The van der Waals surface area contributed by atoms with Crippen molar-refractivity contribution in [3.05, 3.63) is 65.2 Å². The van der Waals surface area contributed by atoms with Gasteiger partial charge in [-0.3, -0.25) is 4.79 Å². The van der Waals surface area contributed by atoms with Gasteiger partial charge in [0.05, 0.1) is 25.4 Å². The fraction of sp³-hybridized carbons (Fsp3) is 0.536. The summed E-state index contributed by atoms with van der Waals surface area (Å²) in [5, 5.41) is 17.6. The number of carbonyl (C=O) groups excluding carboxylic acids is 1. The minimum atomic E-state index is -0.715. The predicted octanol–water partition coefficient (Wildman–Crippen LogP) is 3.57. The Kier molecular flexibility index (Phi) is 7.91. The first kappa shape index (κ1) is 24.7. The Hall–Kier alpha value is -2.41. The summed E-state index contributed by atoms with van der Waals surface area (Å²) in [6.45, 7) is 7.86. The fourth-order valence-electron chi connectivity index (χ4n) is 5.18. The summed E-state index contributed by atoms with van der Waals surface area (Å²) in [5.74, 6) is 0.739. The summed E-state index contributed by atoms with van der Waals surface area (Å²) in [6, 6.07) is 16.1. The second kappa shape index (κ2) is 10.9. The van der Waals surface area contributed by atoms with Crippen molar-refractivity contribution < 1.29 is 19.4 Å². The second-order valence-electron chi connectivity index (χ2n) is 10.5. The number of aliphatic hydroxyl groups excluding tert-OH is 1. The zero-order valence-electron chi connectivity index (χ0n) is 20.5. The molecule has 0 radical (unpaired) electrons. The number of hydrogen-bond donors (Lipinski definition) is 3. The smallest absolute Gasteiger partial charge is 0.217 e. The molecule has 184 valence electrons. The number of benzene rings is 2. The van der Waals surface area contributed by atoms with Crippen LogP contribution in [-0.2, 0) is 22.4 Å². The van der Waals surface area contributed by atoms with E-state index in [4.69, 9.17) is 9.47 Å². The molecule has 0 bridgehead atoms. The lowest BCUT2D eigenvalue weighted by Gasteiger charge is -2.38. The van der Waals surface area contributed by atoms with E-state index in [0.717, 1.165) is 37.2 Å². The van der Waals surface area contributed by atoms with Crippen LogP contribution in [-0.4, -0.2) is 49.0 Å². The van der Waals surface area contributed by atoms with Crippen LogP contribution >= 0.6 is 0 Å². The second-order valence-corrected chi connectivity index (χ2v) is 10.5. The number of ether oxygens (including phenoxy) is 2. The molecule has 2 aromatic rings. The van der Waals surface area contributed by atoms with Crippen molar-refractivity contribution in [3.63, 3.8) is 0 Å². The van der Waals surface area contributed by atoms with Crippen molar-refractivity contribution in [1.82, 2.24) is 10.6 Å². The van der Waals surface area contributed by atoms with Crippen molar-refractivity contribution >= 4 is 5.91 Å². The molecule has 0 unspecified atom stereocenters. The molecule has 1 heterocycles. The van der Waals surface area contributed by atoms with E-state index in [0.29, 0.717) is 19.6 Å². The zero-order valence-corrected chi connectivity index (χ0v) is 20.5. The van der Waals surface area contributed by atoms with Gasteiger partial charge in [-0.15, -0.1) is 0 Å².